The first-order valence-corrected chi connectivity index (χ1v) is 8.44. The largest absolute Gasteiger partial charge is 0.495 e. The van der Waals surface area contributed by atoms with Crippen molar-refractivity contribution >= 4 is 40.4 Å². The van der Waals surface area contributed by atoms with E-state index >= 15 is 0 Å². The van der Waals surface area contributed by atoms with Crippen molar-refractivity contribution < 1.29 is 19.1 Å². The molecule has 6 nitrogen and oxygen atoms in total. The topological polar surface area (TPSA) is 66.9 Å². The SMILES string of the molecule is CO/C(=C1\C(=O)N(C(C)=O)c2ccc(N(C)C(C)=O)cc21)c1ccccc1. The number of hydrogen-bond donors (Lipinski definition) is 0. The predicted octanol–water partition coefficient (Wildman–Crippen LogP) is 3.08. The monoisotopic (exact) mass is 364 g/mol. The van der Waals surface area contributed by atoms with Gasteiger partial charge in [-0.05, 0) is 18.2 Å². The van der Waals surface area contributed by atoms with Crippen LogP contribution >= 0.6 is 0 Å². The highest BCUT2D eigenvalue weighted by Gasteiger charge is 2.38. The number of benzene rings is 2. The first-order chi connectivity index (χ1) is 12.9. The molecule has 0 fully saturated rings. The molecular weight excluding hydrogens is 344 g/mol. The minimum absolute atomic E-state index is 0.136. The number of anilines is 2. The molecule has 2 aromatic carbocycles. The van der Waals surface area contributed by atoms with Crippen molar-refractivity contribution in [3.63, 3.8) is 0 Å². The highest BCUT2D eigenvalue weighted by Crippen LogP contribution is 2.42. The molecule has 0 saturated carbocycles. The Morgan fingerprint density at radius 3 is 2.26 bits per heavy atom. The minimum Gasteiger partial charge on any atom is -0.495 e. The van der Waals surface area contributed by atoms with Gasteiger partial charge in [0.15, 0.2) is 0 Å². The number of carbonyl (C=O) groups is 3. The van der Waals surface area contributed by atoms with Crippen LogP contribution in [0.3, 0.4) is 0 Å². The van der Waals surface area contributed by atoms with Crippen LogP contribution in [0.2, 0.25) is 0 Å². The van der Waals surface area contributed by atoms with E-state index in [0.29, 0.717) is 28.3 Å². The Hall–Kier alpha value is -3.41. The molecule has 3 rings (SSSR count). The van der Waals surface area contributed by atoms with Crippen LogP contribution in [0.5, 0.6) is 0 Å². The van der Waals surface area contributed by atoms with Gasteiger partial charge in [0.2, 0.25) is 11.8 Å². The van der Waals surface area contributed by atoms with Gasteiger partial charge in [-0.2, -0.15) is 0 Å². The van der Waals surface area contributed by atoms with E-state index in [9.17, 15) is 14.4 Å². The maximum atomic E-state index is 13.1. The molecule has 138 valence electrons. The molecule has 0 saturated heterocycles. The van der Waals surface area contributed by atoms with E-state index in [2.05, 4.69) is 0 Å². The molecule has 0 N–H and O–H groups in total. The fourth-order valence-electron chi connectivity index (χ4n) is 3.13. The Balaban J connectivity index is 2.29. The number of hydrogen-bond acceptors (Lipinski definition) is 4. The Morgan fingerprint density at radius 1 is 1.04 bits per heavy atom. The average Bonchev–Trinajstić information content (AvgIpc) is 2.94. The summed E-state index contributed by atoms with van der Waals surface area (Å²) in [4.78, 5) is 39.5. The number of fused-ring (bicyclic) bond motifs is 1. The quantitative estimate of drug-likeness (QED) is 0.620. The lowest BCUT2D eigenvalue weighted by molar-refractivity contribution is -0.122. The Kier molecular flexibility index (Phi) is 4.81. The van der Waals surface area contributed by atoms with Gasteiger partial charge in [0.25, 0.3) is 5.91 Å². The van der Waals surface area contributed by atoms with Gasteiger partial charge in [0, 0.05) is 37.7 Å². The molecule has 0 aromatic heterocycles. The van der Waals surface area contributed by atoms with E-state index in [-0.39, 0.29) is 11.8 Å². The van der Waals surface area contributed by atoms with Gasteiger partial charge in [-0.25, -0.2) is 4.90 Å². The molecule has 0 unspecified atom stereocenters. The van der Waals surface area contributed by atoms with Crippen LogP contribution in [0.4, 0.5) is 11.4 Å². The highest BCUT2D eigenvalue weighted by atomic mass is 16.5. The average molecular weight is 364 g/mol. The number of rotatable bonds is 3. The molecular formula is C21H20N2O4. The summed E-state index contributed by atoms with van der Waals surface area (Å²) in [5, 5.41) is 0. The maximum absolute atomic E-state index is 13.1. The molecule has 3 amide bonds. The van der Waals surface area contributed by atoms with Gasteiger partial charge in [-0.1, -0.05) is 30.3 Å². The molecule has 0 atom stereocenters. The molecule has 27 heavy (non-hydrogen) atoms. The summed E-state index contributed by atoms with van der Waals surface area (Å²) in [6.07, 6.45) is 0. The van der Waals surface area contributed by atoms with Crippen LogP contribution in [0, 0.1) is 0 Å². The molecule has 1 heterocycles. The normalized spacial score (nSPS) is 14.7. The first kappa shape index (κ1) is 18.4. The summed E-state index contributed by atoms with van der Waals surface area (Å²) >= 11 is 0. The maximum Gasteiger partial charge on any atom is 0.269 e. The lowest BCUT2D eigenvalue weighted by Gasteiger charge is -2.17. The third-order valence-corrected chi connectivity index (χ3v) is 4.55. The van der Waals surface area contributed by atoms with E-state index in [0.717, 1.165) is 10.5 Å². The zero-order valence-corrected chi connectivity index (χ0v) is 15.6. The summed E-state index contributed by atoms with van der Waals surface area (Å²) in [6, 6.07) is 14.3. The zero-order valence-electron chi connectivity index (χ0n) is 15.6. The van der Waals surface area contributed by atoms with Crippen LogP contribution in [0.25, 0.3) is 11.3 Å². The predicted molar refractivity (Wildman–Crippen MR) is 104 cm³/mol. The van der Waals surface area contributed by atoms with Crippen molar-refractivity contribution in [2.45, 2.75) is 13.8 Å². The Labute approximate surface area is 157 Å². The first-order valence-electron chi connectivity index (χ1n) is 8.44. The van der Waals surface area contributed by atoms with Gasteiger partial charge in [0.1, 0.15) is 5.76 Å². The van der Waals surface area contributed by atoms with Crippen molar-refractivity contribution in [2.24, 2.45) is 0 Å². The molecule has 1 aliphatic heterocycles. The lowest BCUT2D eigenvalue weighted by atomic mass is 10.0. The molecule has 2 aromatic rings. The van der Waals surface area contributed by atoms with Crippen molar-refractivity contribution in [1.82, 2.24) is 0 Å². The van der Waals surface area contributed by atoms with Gasteiger partial charge >= 0.3 is 0 Å². The van der Waals surface area contributed by atoms with Crippen LogP contribution < -0.4 is 9.80 Å². The number of amides is 3. The molecule has 0 radical (unpaired) electrons. The van der Waals surface area contributed by atoms with Gasteiger partial charge in [-0.3, -0.25) is 14.4 Å². The van der Waals surface area contributed by atoms with Crippen LogP contribution in [-0.4, -0.2) is 31.9 Å². The van der Waals surface area contributed by atoms with Crippen molar-refractivity contribution in [3.8, 4) is 0 Å². The number of methoxy groups -OCH3 is 1. The lowest BCUT2D eigenvalue weighted by Crippen LogP contribution is -2.31. The summed E-state index contributed by atoms with van der Waals surface area (Å²) < 4.78 is 5.56. The Morgan fingerprint density at radius 2 is 1.70 bits per heavy atom. The van der Waals surface area contributed by atoms with Gasteiger partial charge in [-0.15, -0.1) is 0 Å². The van der Waals surface area contributed by atoms with Gasteiger partial charge < -0.3 is 9.64 Å². The number of carbonyl (C=O) groups excluding carboxylic acids is 3. The molecule has 0 bridgehead atoms. The summed E-state index contributed by atoms with van der Waals surface area (Å²) in [7, 11) is 3.14. The van der Waals surface area contributed by atoms with E-state index in [1.54, 1.807) is 25.2 Å². The third-order valence-electron chi connectivity index (χ3n) is 4.55. The third kappa shape index (κ3) is 3.10. The number of nitrogens with zero attached hydrogens (tertiary/aromatic N) is 2. The van der Waals surface area contributed by atoms with E-state index in [1.165, 1.54) is 25.9 Å². The van der Waals surface area contributed by atoms with E-state index < -0.39 is 5.91 Å². The van der Waals surface area contributed by atoms with Crippen LogP contribution in [0.1, 0.15) is 25.0 Å². The second kappa shape index (κ2) is 7.07. The molecule has 1 aliphatic rings. The zero-order chi connectivity index (χ0) is 19.7. The van der Waals surface area contributed by atoms with Crippen molar-refractivity contribution in [2.75, 3.05) is 24.0 Å². The van der Waals surface area contributed by atoms with E-state index in [4.69, 9.17) is 4.74 Å². The van der Waals surface area contributed by atoms with E-state index in [1.807, 2.05) is 30.3 Å². The smallest absolute Gasteiger partial charge is 0.269 e. The summed E-state index contributed by atoms with van der Waals surface area (Å²) in [5.74, 6) is -0.579. The second-order valence-electron chi connectivity index (χ2n) is 6.21. The second-order valence-corrected chi connectivity index (χ2v) is 6.21. The molecule has 0 aliphatic carbocycles. The van der Waals surface area contributed by atoms with Crippen LogP contribution in [0.15, 0.2) is 48.5 Å². The standard InChI is InChI=1S/C21H20N2O4/c1-13(24)22(3)16-10-11-18-17(12-16)19(21(26)23(18)14(2)25)20(27-4)15-8-6-5-7-9-15/h5-12H,1-4H3/b20-19-. The highest BCUT2D eigenvalue weighted by molar-refractivity contribution is 6.43. The van der Waals surface area contributed by atoms with Gasteiger partial charge in [0.05, 0.1) is 18.4 Å². The fraction of sp³-hybridized carbons (Fsp3) is 0.190. The van der Waals surface area contributed by atoms with Crippen molar-refractivity contribution in [3.05, 3.63) is 59.7 Å². The number of ether oxygens (including phenoxy) is 1. The molecule has 6 heteroatoms. The fourth-order valence-corrected chi connectivity index (χ4v) is 3.13. The molecule has 0 spiro atoms. The minimum atomic E-state index is -0.444. The summed E-state index contributed by atoms with van der Waals surface area (Å²) in [6.45, 7) is 2.80. The van der Waals surface area contributed by atoms with Crippen molar-refractivity contribution in [1.29, 1.82) is 0 Å². The number of imide groups is 1. The van der Waals surface area contributed by atoms with Crippen LogP contribution in [-0.2, 0) is 19.1 Å². The Bertz CT molecular complexity index is 963. The summed E-state index contributed by atoms with van der Waals surface area (Å²) in [5.41, 5.74) is 2.69.